The third-order valence-electron chi connectivity index (χ3n) is 14.2. The van der Waals surface area contributed by atoms with E-state index < -0.39 is 0 Å². The number of fused-ring (bicyclic) bond motifs is 4. The third kappa shape index (κ3) is 5.40. The Bertz CT molecular complexity index is 1690. The number of hydrogen-bond donors (Lipinski definition) is 0. The Morgan fingerprint density at radius 2 is 1.58 bits per heavy atom. The highest BCUT2D eigenvalue weighted by atomic mass is 35.5. The van der Waals surface area contributed by atoms with Gasteiger partial charge in [0.25, 0.3) is 0 Å². The van der Waals surface area contributed by atoms with Gasteiger partial charge in [0, 0.05) is 22.6 Å². The Morgan fingerprint density at radius 3 is 2.33 bits per heavy atom. The molecule has 0 aromatic heterocycles. The number of aryl methyl sites for hydroxylation is 1. The largest absolute Gasteiger partial charge is 0.0996 e. The zero-order valence-electron chi connectivity index (χ0n) is 29.3. The normalized spacial score (nSPS) is 36.6. The fourth-order valence-corrected chi connectivity index (χ4v) is 12.5. The lowest BCUT2D eigenvalue weighted by molar-refractivity contribution is 0.0682. The van der Waals surface area contributed by atoms with E-state index >= 15 is 0 Å². The van der Waals surface area contributed by atoms with E-state index in [0.717, 1.165) is 48.3 Å². The minimum absolute atomic E-state index is 0.354. The van der Waals surface area contributed by atoms with E-state index in [1.807, 2.05) is 11.1 Å². The highest BCUT2D eigenvalue weighted by Crippen LogP contribution is 2.64. The van der Waals surface area contributed by atoms with Crippen molar-refractivity contribution in [2.45, 2.75) is 122 Å². The second-order valence-corrected chi connectivity index (χ2v) is 17.2. The average Bonchev–Trinajstić information content (AvgIpc) is 3.82. The highest BCUT2D eigenvalue weighted by molar-refractivity contribution is 6.25. The molecule has 0 heterocycles. The SMILES string of the molecule is CCCCCCCCC=C1CCc2ccccc2C1=C1C(=C=CCl)C2=CC=CC(=C3CC4CCC3C4)C2C1=C1C2CC3CC(C2)CC1C3. The summed E-state index contributed by atoms with van der Waals surface area (Å²) in [4.78, 5) is 0. The molecule has 1 aromatic carbocycles. The van der Waals surface area contributed by atoms with Crippen LogP contribution in [0.4, 0.5) is 0 Å². The predicted molar refractivity (Wildman–Crippen MR) is 202 cm³/mol. The molecule has 7 saturated carbocycles. The van der Waals surface area contributed by atoms with E-state index in [1.54, 1.807) is 22.3 Å². The molecule has 6 bridgehead atoms. The first kappa shape index (κ1) is 31.5. The Morgan fingerprint density at radius 1 is 0.812 bits per heavy atom. The predicted octanol–water partition coefficient (Wildman–Crippen LogP) is 13.3. The van der Waals surface area contributed by atoms with Crippen LogP contribution >= 0.6 is 11.6 Å². The first-order valence-electron chi connectivity index (χ1n) is 20.1. The first-order valence-corrected chi connectivity index (χ1v) is 20.6. The zero-order valence-corrected chi connectivity index (χ0v) is 30.1. The van der Waals surface area contributed by atoms with Gasteiger partial charge in [-0.05, 0) is 158 Å². The fourth-order valence-electron chi connectivity index (χ4n) is 12.4. The van der Waals surface area contributed by atoms with Gasteiger partial charge in [0.1, 0.15) is 0 Å². The van der Waals surface area contributed by atoms with Crippen LogP contribution in [0.3, 0.4) is 0 Å². The van der Waals surface area contributed by atoms with Gasteiger partial charge in [-0.3, -0.25) is 0 Å². The van der Waals surface area contributed by atoms with Gasteiger partial charge in [0.2, 0.25) is 0 Å². The lowest BCUT2D eigenvalue weighted by atomic mass is 9.52. The van der Waals surface area contributed by atoms with Gasteiger partial charge in [-0.2, -0.15) is 0 Å². The summed E-state index contributed by atoms with van der Waals surface area (Å²) in [6, 6.07) is 9.40. The van der Waals surface area contributed by atoms with Crippen LogP contribution in [0, 0.1) is 41.4 Å². The van der Waals surface area contributed by atoms with Crippen LogP contribution in [0.25, 0.3) is 5.57 Å². The van der Waals surface area contributed by atoms with Crippen molar-refractivity contribution in [2.75, 3.05) is 0 Å². The molecule has 0 nitrogen and oxygen atoms in total. The van der Waals surface area contributed by atoms with E-state index in [1.165, 1.54) is 136 Å². The third-order valence-corrected chi connectivity index (χ3v) is 14.3. The van der Waals surface area contributed by atoms with Crippen LogP contribution in [0.1, 0.15) is 127 Å². The molecule has 7 fully saturated rings. The van der Waals surface area contributed by atoms with Gasteiger partial charge >= 0.3 is 0 Å². The molecular weight excluding hydrogens is 600 g/mol. The van der Waals surface area contributed by atoms with Crippen molar-refractivity contribution >= 4 is 17.2 Å². The van der Waals surface area contributed by atoms with Gasteiger partial charge in [0.05, 0.1) is 0 Å². The summed E-state index contributed by atoms with van der Waals surface area (Å²) in [5.74, 6) is 5.51. The molecule has 1 heteroatoms. The Hall–Kier alpha value is -2.53. The van der Waals surface area contributed by atoms with Crippen LogP contribution in [-0.4, -0.2) is 0 Å². The first-order chi connectivity index (χ1) is 23.7. The molecule has 0 N–H and O–H groups in total. The van der Waals surface area contributed by atoms with Crippen LogP contribution in [0.15, 0.2) is 104 Å². The minimum Gasteiger partial charge on any atom is -0.0996 e. The van der Waals surface area contributed by atoms with Gasteiger partial charge in [-0.1, -0.05) is 116 Å². The number of hydrogen-bond acceptors (Lipinski definition) is 0. The number of unbranched alkanes of at least 4 members (excludes halogenated alkanes) is 6. The minimum atomic E-state index is 0.354. The summed E-state index contributed by atoms with van der Waals surface area (Å²) in [6.07, 6.45) is 34.5. The smallest absolute Gasteiger partial charge is 0.0469 e. The molecule has 10 rings (SSSR count). The second-order valence-electron chi connectivity index (χ2n) is 17.0. The molecule has 0 saturated heterocycles. The van der Waals surface area contributed by atoms with Crippen molar-refractivity contribution < 1.29 is 0 Å². The van der Waals surface area contributed by atoms with Crippen molar-refractivity contribution in [3.8, 4) is 0 Å². The van der Waals surface area contributed by atoms with Gasteiger partial charge < -0.3 is 0 Å². The molecule has 9 aliphatic rings. The molecule has 0 amide bonds. The van der Waals surface area contributed by atoms with Gasteiger partial charge in [0.15, 0.2) is 0 Å². The van der Waals surface area contributed by atoms with E-state index in [2.05, 4.69) is 61.2 Å². The highest BCUT2D eigenvalue weighted by Gasteiger charge is 2.51. The number of allylic oxidation sites excluding steroid dienone is 13. The quantitative estimate of drug-likeness (QED) is 0.203. The van der Waals surface area contributed by atoms with Crippen molar-refractivity contribution in [3.05, 3.63) is 116 Å². The number of halogens is 1. The van der Waals surface area contributed by atoms with Crippen LogP contribution in [0.5, 0.6) is 0 Å². The molecule has 0 aliphatic heterocycles. The van der Waals surface area contributed by atoms with Crippen molar-refractivity contribution in [2.24, 2.45) is 41.4 Å². The number of benzene rings is 1. The monoisotopic (exact) mass is 654 g/mol. The molecular formula is C47H55Cl. The van der Waals surface area contributed by atoms with Gasteiger partial charge in [-0.15, -0.1) is 0 Å². The molecule has 1 aromatic rings. The maximum atomic E-state index is 6.61. The standard InChI is InChI=1S/C47H55Cl/c1-2-3-4-5-6-7-8-13-34-20-19-33-12-9-10-14-38(33)44(34)46-41(21-22-48)39-15-11-16-40(42-29-30-17-18-35(42)24-30)45(39)47(46)43-36-25-31-23-32(27-36)28-37(43)26-31/h9-16,22,30-32,35-37,45H,2-8,17-20,23-29H2,1H3. The Kier molecular flexibility index (Phi) is 8.72. The van der Waals surface area contributed by atoms with E-state index in [4.69, 9.17) is 11.6 Å². The maximum Gasteiger partial charge on any atom is 0.0469 e. The molecule has 3 unspecified atom stereocenters. The molecule has 250 valence electrons. The van der Waals surface area contributed by atoms with Gasteiger partial charge in [-0.25, -0.2) is 0 Å². The summed E-state index contributed by atoms with van der Waals surface area (Å²) in [5.41, 5.74) is 23.0. The summed E-state index contributed by atoms with van der Waals surface area (Å²) in [5, 5.41) is 0. The van der Waals surface area contributed by atoms with Crippen molar-refractivity contribution in [1.29, 1.82) is 0 Å². The summed E-state index contributed by atoms with van der Waals surface area (Å²) < 4.78 is 0. The topological polar surface area (TPSA) is 0 Å². The molecule has 9 aliphatic carbocycles. The van der Waals surface area contributed by atoms with E-state index in [0.29, 0.717) is 5.92 Å². The fraction of sp³-hybridized carbons (Fsp3) is 0.553. The second kappa shape index (κ2) is 13.3. The van der Waals surface area contributed by atoms with Crippen LogP contribution < -0.4 is 0 Å². The van der Waals surface area contributed by atoms with E-state index in [-0.39, 0.29) is 0 Å². The molecule has 0 radical (unpaired) electrons. The Balaban J connectivity index is 1.26. The zero-order chi connectivity index (χ0) is 32.2. The maximum absolute atomic E-state index is 6.61. The summed E-state index contributed by atoms with van der Waals surface area (Å²) in [6.45, 7) is 2.32. The molecule has 48 heavy (non-hydrogen) atoms. The van der Waals surface area contributed by atoms with Crippen LogP contribution in [0.2, 0.25) is 0 Å². The van der Waals surface area contributed by atoms with Crippen LogP contribution in [-0.2, 0) is 6.42 Å². The van der Waals surface area contributed by atoms with Crippen molar-refractivity contribution in [3.63, 3.8) is 0 Å². The lowest BCUT2D eigenvalue weighted by Gasteiger charge is -2.52. The molecule has 0 spiro atoms. The van der Waals surface area contributed by atoms with E-state index in [9.17, 15) is 0 Å². The number of rotatable bonds is 7. The lowest BCUT2D eigenvalue weighted by Crippen LogP contribution is -2.41. The molecule has 3 atom stereocenters. The van der Waals surface area contributed by atoms with Crippen molar-refractivity contribution in [1.82, 2.24) is 0 Å². The average molecular weight is 655 g/mol. The summed E-state index contributed by atoms with van der Waals surface area (Å²) >= 11 is 6.61. The Labute approximate surface area is 295 Å². The summed E-state index contributed by atoms with van der Waals surface area (Å²) in [7, 11) is 0.